The molecule has 2 unspecified atom stereocenters. The molecule has 0 rings (SSSR count). The fourth-order valence-corrected chi connectivity index (χ4v) is 2.96. The van der Waals surface area contributed by atoms with Gasteiger partial charge in [0.2, 0.25) is 0 Å². The Balaban J connectivity index is -0.00000312. The van der Waals surface area contributed by atoms with E-state index in [4.69, 9.17) is 18.5 Å². The minimum absolute atomic E-state index is 0. The van der Waals surface area contributed by atoms with Crippen molar-refractivity contribution >= 4 is 23.3 Å². The molecular weight excluding hydrogens is 758 g/mol. The van der Waals surface area contributed by atoms with Gasteiger partial charge in [-0.3, -0.25) is 4.57 Å². The van der Waals surface area contributed by atoms with E-state index in [2.05, 4.69) is 13.1 Å². The molecule has 0 aromatic carbocycles. The number of hydrogen-bond donors (Lipinski definition) is 0. The van der Waals surface area contributed by atoms with E-state index in [1.54, 1.807) is 0 Å². The van der Waals surface area contributed by atoms with Crippen molar-refractivity contribution < 1.29 is 76.8 Å². The van der Waals surface area contributed by atoms with Gasteiger partial charge in [-0.05, 0) is 13.3 Å². The standard InChI is InChI=1S/C16H32NO7PSi.2Os/c1-14(2)16(18)22-13-15(12-21-9-7-11-26-6)24-25(19,20)23-10-8-17(3,4)5;;/h15H,1,7-13H2,2-6H3;;. The summed E-state index contributed by atoms with van der Waals surface area (Å²) in [5, 5.41) is 0. The number of nitrogens with zero attached hydrogens (tertiary/aromatic N) is 1. The van der Waals surface area contributed by atoms with Crippen LogP contribution in [0, 0.1) is 0 Å². The van der Waals surface area contributed by atoms with E-state index >= 15 is 0 Å². The number of carbonyl (C=O) groups is 1. The molecule has 2 atom stereocenters. The number of phosphoric ester groups is 1. The van der Waals surface area contributed by atoms with E-state index in [1.807, 2.05) is 21.1 Å². The Labute approximate surface area is 197 Å². The normalized spacial score (nSPS) is 14.2. The van der Waals surface area contributed by atoms with Crippen molar-refractivity contribution in [3.8, 4) is 0 Å². The monoisotopic (exact) mass is 793 g/mol. The van der Waals surface area contributed by atoms with Crippen molar-refractivity contribution in [2.45, 2.75) is 32.0 Å². The largest absolute Gasteiger partial charge is 0.756 e. The number of phosphoric acid groups is 1. The van der Waals surface area contributed by atoms with Crippen LogP contribution in [0.2, 0.25) is 12.6 Å². The van der Waals surface area contributed by atoms with Gasteiger partial charge < -0.3 is 27.9 Å². The third-order valence-corrected chi connectivity index (χ3v) is 4.97. The SMILES string of the molecule is C=C(C)C(=O)OCC(COCCC[Si]C)OP(=O)([O-])OCC[N+](C)(C)C.[Os].[Os]. The average Bonchev–Trinajstić information content (AvgIpc) is 2.49. The molecule has 0 aliphatic heterocycles. The second-order valence-corrected chi connectivity index (χ2v) is 9.50. The van der Waals surface area contributed by atoms with Gasteiger partial charge in [0.15, 0.2) is 0 Å². The fraction of sp³-hybridized carbons (Fsp3) is 0.812. The molecule has 0 aliphatic rings. The molecule has 0 aliphatic carbocycles. The van der Waals surface area contributed by atoms with Crippen molar-refractivity contribution in [2.24, 2.45) is 0 Å². The minimum atomic E-state index is -4.53. The van der Waals surface area contributed by atoms with E-state index in [0.717, 1.165) is 22.0 Å². The predicted molar refractivity (Wildman–Crippen MR) is 99.0 cm³/mol. The summed E-state index contributed by atoms with van der Waals surface area (Å²) in [5.41, 5.74) is 0.220. The van der Waals surface area contributed by atoms with Crippen molar-refractivity contribution in [3.05, 3.63) is 12.2 Å². The molecule has 8 nitrogen and oxygen atoms in total. The smallest absolute Gasteiger partial charge is 0.333 e. The van der Waals surface area contributed by atoms with Gasteiger partial charge in [0.05, 0.1) is 27.7 Å². The maximum absolute atomic E-state index is 12.0. The summed E-state index contributed by atoms with van der Waals surface area (Å²) < 4.78 is 32.9. The molecule has 2 radical (unpaired) electrons. The van der Waals surface area contributed by atoms with Gasteiger partial charge in [0.1, 0.15) is 25.9 Å². The fourth-order valence-electron chi connectivity index (χ4n) is 1.61. The summed E-state index contributed by atoms with van der Waals surface area (Å²) >= 11 is 0. The van der Waals surface area contributed by atoms with E-state index in [1.165, 1.54) is 6.92 Å². The van der Waals surface area contributed by atoms with Gasteiger partial charge in [-0.1, -0.05) is 19.2 Å². The summed E-state index contributed by atoms with van der Waals surface area (Å²) in [6, 6.07) is 1.05. The van der Waals surface area contributed by atoms with E-state index in [0.29, 0.717) is 17.6 Å². The van der Waals surface area contributed by atoms with Gasteiger partial charge in [0, 0.05) is 61.3 Å². The van der Waals surface area contributed by atoms with Crippen LogP contribution in [-0.4, -0.2) is 80.2 Å². The number of quaternary nitrogens is 1. The zero-order valence-electron chi connectivity index (χ0n) is 17.2. The van der Waals surface area contributed by atoms with Crippen molar-refractivity contribution in [1.82, 2.24) is 0 Å². The molecule has 0 N–H and O–H groups in total. The second-order valence-electron chi connectivity index (χ2n) is 6.93. The first kappa shape index (κ1) is 33.4. The van der Waals surface area contributed by atoms with Crippen LogP contribution in [0.1, 0.15) is 13.3 Å². The Hall–Kier alpha value is 0.730. The molecule has 12 heteroatoms. The van der Waals surface area contributed by atoms with Crippen LogP contribution in [0.4, 0.5) is 0 Å². The molecule has 0 saturated heterocycles. The van der Waals surface area contributed by atoms with Gasteiger partial charge in [-0.25, -0.2) is 4.79 Å². The summed E-state index contributed by atoms with van der Waals surface area (Å²) in [5.74, 6) is -0.613. The number of carbonyl (C=O) groups excluding carboxylic acids is 1. The Kier molecular flexibility index (Phi) is 20.8. The first-order valence-electron chi connectivity index (χ1n) is 8.46. The summed E-state index contributed by atoms with van der Waals surface area (Å²) in [6.07, 6.45) is -0.0859. The number of hydrogen-bond acceptors (Lipinski definition) is 7. The molecule has 0 fully saturated rings. The van der Waals surface area contributed by atoms with Crippen LogP contribution in [0.25, 0.3) is 0 Å². The maximum Gasteiger partial charge on any atom is 0.333 e. The Morgan fingerprint density at radius 1 is 1.21 bits per heavy atom. The van der Waals surface area contributed by atoms with Crippen molar-refractivity contribution in [3.63, 3.8) is 0 Å². The molecule has 0 heterocycles. The average molecular weight is 790 g/mol. The molecule has 0 spiro atoms. The third-order valence-electron chi connectivity index (χ3n) is 3.06. The molecule has 0 aromatic rings. The van der Waals surface area contributed by atoms with Gasteiger partial charge in [-0.2, -0.15) is 0 Å². The molecule has 0 amide bonds. The molecule has 28 heavy (non-hydrogen) atoms. The number of likely N-dealkylation sites (N-methyl/N-ethyl adjacent to an activating group) is 1. The first-order chi connectivity index (χ1) is 12.0. The van der Waals surface area contributed by atoms with Crippen LogP contribution < -0.4 is 4.89 Å². The predicted octanol–water partition coefficient (Wildman–Crippen LogP) is 1.25. The zero-order valence-corrected chi connectivity index (χ0v) is 24.2. The maximum atomic E-state index is 12.0. The molecular formula is C16H32NO7Os2PSi. The van der Waals surface area contributed by atoms with E-state index in [-0.39, 0.29) is 65.0 Å². The van der Waals surface area contributed by atoms with Crippen molar-refractivity contribution in [1.29, 1.82) is 0 Å². The van der Waals surface area contributed by atoms with Gasteiger partial charge >= 0.3 is 5.97 Å². The first-order valence-corrected chi connectivity index (χ1v) is 11.6. The molecule has 0 aromatic heterocycles. The number of ether oxygens (including phenoxy) is 2. The molecule has 168 valence electrons. The van der Waals surface area contributed by atoms with Gasteiger partial charge in [0.25, 0.3) is 7.82 Å². The Morgan fingerprint density at radius 2 is 1.82 bits per heavy atom. The topological polar surface area (TPSA) is 94.1 Å². The summed E-state index contributed by atoms with van der Waals surface area (Å²) in [6.45, 7) is 7.80. The van der Waals surface area contributed by atoms with Crippen LogP contribution in [0.15, 0.2) is 12.2 Å². The number of rotatable bonds is 15. The third kappa shape index (κ3) is 20.0. The van der Waals surface area contributed by atoms with E-state index in [9.17, 15) is 14.3 Å². The minimum Gasteiger partial charge on any atom is -0.756 e. The van der Waals surface area contributed by atoms with Gasteiger partial charge in [-0.15, -0.1) is 0 Å². The zero-order chi connectivity index (χ0) is 20.2. The molecule has 0 saturated carbocycles. The van der Waals surface area contributed by atoms with E-state index < -0.39 is 19.9 Å². The summed E-state index contributed by atoms with van der Waals surface area (Å²) in [7, 11) is 2.07. The Morgan fingerprint density at radius 3 is 2.32 bits per heavy atom. The quantitative estimate of drug-likeness (QED) is 0.0617. The van der Waals surface area contributed by atoms with Crippen LogP contribution in [0.5, 0.6) is 0 Å². The van der Waals surface area contributed by atoms with Crippen LogP contribution in [0.3, 0.4) is 0 Å². The second kappa shape index (κ2) is 17.4. The van der Waals surface area contributed by atoms with Crippen molar-refractivity contribution in [2.75, 3.05) is 54.1 Å². The summed E-state index contributed by atoms with van der Waals surface area (Å²) in [4.78, 5) is 23.5. The molecule has 0 bridgehead atoms. The van der Waals surface area contributed by atoms with Crippen LogP contribution in [-0.2, 0) is 67.5 Å². The Bertz CT molecular complexity index is 492. The van der Waals surface area contributed by atoms with Crippen LogP contribution >= 0.6 is 7.82 Å². The number of esters is 1.